The number of ether oxygens (including phenoxy) is 3. The van der Waals surface area contributed by atoms with Crippen molar-refractivity contribution in [2.75, 3.05) is 20.3 Å². The van der Waals surface area contributed by atoms with Crippen LogP contribution < -0.4 is 0 Å². The van der Waals surface area contributed by atoms with Crippen LogP contribution in [-0.4, -0.2) is 37.1 Å². The van der Waals surface area contributed by atoms with Gasteiger partial charge in [0, 0.05) is 7.11 Å². The number of hydrogen-bond donors (Lipinski definition) is 0. The summed E-state index contributed by atoms with van der Waals surface area (Å²) in [6, 6.07) is 0. The summed E-state index contributed by atoms with van der Waals surface area (Å²) in [5.74, 6) is 2.56. The molecule has 0 spiro atoms. The molecule has 0 N–H and O–H groups in total. The summed E-state index contributed by atoms with van der Waals surface area (Å²) in [6.45, 7) is 18.3. The van der Waals surface area contributed by atoms with E-state index >= 15 is 0 Å². The molecule has 4 unspecified atom stereocenters. The van der Waals surface area contributed by atoms with Crippen molar-refractivity contribution in [1.82, 2.24) is 0 Å². The lowest BCUT2D eigenvalue weighted by atomic mass is 9.74. The smallest absolute Gasteiger partial charge is 0.0734 e. The second-order valence-electron chi connectivity index (χ2n) is 13.5. The molecule has 0 heterocycles. The van der Waals surface area contributed by atoms with Crippen molar-refractivity contribution in [1.29, 1.82) is 0 Å². The second kappa shape index (κ2) is 10.2. The molecule has 0 amide bonds. The van der Waals surface area contributed by atoms with E-state index < -0.39 is 0 Å². The van der Waals surface area contributed by atoms with Gasteiger partial charge in [0.05, 0.1) is 30.0 Å². The maximum Gasteiger partial charge on any atom is 0.0734 e. The molecule has 0 bridgehead atoms. The van der Waals surface area contributed by atoms with E-state index in [4.69, 9.17) is 14.2 Å². The molecule has 3 aliphatic rings. The minimum Gasteiger partial charge on any atom is -0.378 e. The highest BCUT2D eigenvalue weighted by Crippen LogP contribution is 2.51. The fraction of sp³-hybridized carbons (Fsp3) is 1.00. The third-order valence-corrected chi connectivity index (χ3v) is 9.53. The van der Waals surface area contributed by atoms with Gasteiger partial charge in [-0.3, -0.25) is 0 Å². The largest absolute Gasteiger partial charge is 0.378 e. The SMILES string of the molecule is COC1(CC(C)C)CCC(COC2(C(C)(C)C)CCC(COC3(C(C)C)CCCC3)C2)C1. The first-order valence-corrected chi connectivity index (χ1v) is 13.8. The summed E-state index contributed by atoms with van der Waals surface area (Å²) in [6.07, 6.45) is 13.5. The molecule has 3 rings (SSSR count). The summed E-state index contributed by atoms with van der Waals surface area (Å²) >= 11 is 0. The van der Waals surface area contributed by atoms with Gasteiger partial charge >= 0.3 is 0 Å². The van der Waals surface area contributed by atoms with E-state index in [1.165, 1.54) is 57.8 Å². The van der Waals surface area contributed by atoms with E-state index in [2.05, 4.69) is 48.5 Å². The Bertz CT molecular complexity index is 586. The van der Waals surface area contributed by atoms with Crippen molar-refractivity contribution in [3.05, 3.63) is 0 Å². The Morgan fingerprint density at radius 3 is 1.97 bits per heavy atom. The maximum atomic E-state index is 6.95. The molecule has 0 aromatic rings. The van der Waals surface area contributed by atoms with E-state index in [9.17, 15) is 0 Å². The summed E-state index contributed by atoms with van der Waals surface area (Å²) in [7, 11) is 1.91. The molecule has 0 aromatic heterocycles. The topological polar surface area (TPSA) is 27.7 Å². The lowest BCUT2D eigenvalue weighted by Gasteiger charge is -2.43. The molecule has 188 valence electrons. The van der Waals surface area contributed by atoms with E-state index in [0.717, 1.165) is 26.1 Å². The molecular weight excluding hydrogens is 396 g/mol. The maximum absolute atomic E-state index is 6.95. The van der Waals surface area contributed by atoms with Gasteiger partial charge in [-0.1, -0.05) is 61.3 Å². The number of methoxy groups -OCH3 is 1. The third-order valence-electron chi connectivity index (χ3n) is 9.53. The molecule has 3 aliphatic carbocycles. The Kier molecular flexibility index (Phi) is 8.48. The third kappa shape index (κ3) is 5.74. The van der Waals surface area contributed by atoms with Crippen molar-refractivity contribution >= 4 is 0 Å². The standard InChI is InChI=1S/C29H54O3/c1-22(2)17-27(30-8)15-11-24(18-27)21-32-29(26(5,6)7)16-12-25(19-29)20-31-28(23(3)4)13-9-10-14-28/h22-25H,9-21H2,1-8H3. The van der Waals surface area contributed by atoms with Gasteiger partial charge in [0.25, 0.3) is 0 Å². The summed E-state index contributed by atoms with van der Waals surface area (Å²) in [4.78, 5) is 0. The Hall–Kier alpha value is -0.120. The molecule has 0 radical (unpaired) electrons. The van der Waals surface area contributed by atoms with Crippen molar-refractivity contribution < 1.29 is 14.2 Å². The normalized spacial score (nSPS) is 35.4. The van der Waals surface area contributed by atoms with E-state index in [-0.39, 0.29) is 22.2 Å². The first-order valence-electron chi connectivity index (χ1n) is 13.8. The second-order valence-corrected chi connectivity index (χ2v) is 13.5. The van der Waals surface area contributed by atoms with Crippen LogP contribution in [0.5, 0.6) is 0 Å². The van der Waals surface area contributed by atoms with Crippen LogP contribution in [0.4, 0.5) is 0 Å². The molecule has 0 saturated heterocycles. The zero-order valence-corrected chi connectivity index (χ0v) is 22.7. The first-order chi connectivity index (χ1) is 14.9. The lowest BCUT2D eigenvalue weighted by molar-refractivity contribution is -0.132. The summed E-state index contributed by atoms with van der Waals surface area (Å²) < 4.78 is 19.7. The van der Waals surface area contributed by atoms with Crippen LogP contribution in [0.3, 0.4) is 0 Å². The highest BCUT2D eigenvalue weighted by atomic mass is 16.5. The highest BCUT2D eigenvalue weighted by molar-refractivity contribution is 5.01. The van der Waals surface area contributed by atoms with Crippen LogP contribution in [0.2, 0.25) is 0 Å². The summed E-state index contributed by atoms with van der Waals surface area (Å²) in [5.41, 5.74) is 0.352. The van der Waals surface area contributed by atoms with Crippen LogP contribution in [0.25, 0.3) is 0 Å². The highest BCUT2D eigenvalue weighted by Gasteiger charge is 2.50. The number of rotatable bonds is 10. The van der Waals surface area contributed by atoms with Crippen LogP contribution in [0.1, 0.15) is 119 Å². The van der Waals surface area contributed by atoms with Gasteiger partial charge < -0.3 is 14.2 Å². The fourth-order valence-corrected chi connectivity index (χ4v) is 7.24. The monoisotopic (exact) mass is 450 g/mol. The van der Waals surface area contributed by atoms with E-state index in [1.807, 2.05) is 7.11 Å². The van der Waals surface area contributed by atoms with Gasteiger partial charge in [0.2, 0.25) is 0 Å². The van der Waals surface area contributed by atoms with Gasteiger partial charge in [-0.05, 0) is 86.9 Å². The van der Waals surface area contributed by atoms with Gasteiger partial charge in [0.15, 0.2) is 0 Å². The van der Waals surface area contributed by atoms with E-state index in [0.29, 0.717) is 23.7 Å². The Balaban J connectivity index is 1.57. The minimum absolute atomic E-state index is 0.0158. The molecule has 3 heteroatoms. The van der Waals surface area contributed by atoms with Crippen LogP contribution >= 0.6 is 0 Å². The van der Waals surface area contributed by atoms with E-state index in [1.54, 1.807) is 0 Å². The minimum atomic E-state index is -0.0158. The van der Waals surface area contributed by atoms with Crippen molar-refractivity contribution in [3.63, 3.8) is 0 Å². The molecule has 3 fully saturated rings. The fourth-order valence-electron chi connectivity index (χ4n) is 7.24. The molecule has 3 nitrogen and oxygen atoms in total. The molecule has 3 saturated carbocycles. The van der Waals surface area contributed by atoms with Gasteiger partial charge in [-0.15, -0.1) is 0 Å². The molecular formula is C29H54O3. The van der Waals surface area contributed by atoms with Crippen molar-refractivity contribution in [3.8, 4) is 0 Å². The predicted molar refractivity (Wildman–Crippen MR) is 134 cm³/mol. The Morgan fingerprint density at radius 2 is 1.41 bits per heavy atom. The average molecular weight is 451 g/mol. The average Bonchev–Trinajstić information content (AvgIpc) is 3.43. The van der Waals surface area contributed by atoms with Crippen LogP contribution in [-0.2, 0) is 14.2 Å². The van der Waals surface area contributed by atoms with Crippen molar-refractivity contribution in [2.24, 2.45) is 29.1 Å². The lowest BCUT2D eigenvalue weighted by Crippen LogP contribution is -2.45. The number of hydrogen-bond acceptors (Lipinski definition) is 3. The zero-order valence-electron chi connectivity index (χ0n) is 22.7. The van der Waals surface area contributed by atoms with Crippen molar-refractivity contribution in [2.45, 2.75) is 136 Å². The Labute approximate surface area is 199 Å². The first kappa shape index (κ1) is 26.5. The zero-order chi connectivity index (χ0) is 23.6. The predicted octanol–water partition coefficient (Wildman–Crippen LogP) is 7.80. The Morgan fingerprint density at radius 1 is 0.812 bits per heavy atom. The van der Waals surface area contributed by atoms with Crippen LogP contribution in [0, 0.1) is 29.1 Å². The molecule has 4 atom stereocenters. The van der Waals surface area contributed by atoms with Gasteiger partial charge in [-0.25, -0.2) is 0 Å². The molecule has 32 heavy (non-hydrogen) atoms. The summed E-state index contributed by atoms with van der Waals surface area (Å²) in [5, 5.41) is 0. The quantitative estimate of drug-likeness (QED) is 0.340. The van der Waals surface area contributed by atoms with Crippen LogP contribution in [0.15, 0.2) is 0 Å². The molecule has 0 aliphatic heterocycles. The van der Waals surface area contributed by atoms with Gasteiger partial charge in [0.1, 0.15) is 0 Å². The van der Waals surface area contributed by atoms with Gasteiger partial charge in [-0.2, -0.15) is 0 Å². The molecule has 0 aromatic carbocycles.